The van der Waals surface area contributed by atoms with Gasteiger partial charge in [-0.2, -0.15) is 0 Å². The van der Waals surface area contributed by atoms with E-state index in [1.807, 2.05) is 12.3 Å². The summed E-state index contributed by atoms with van der Waals surface area (Å²) in [5.74, 6) is 0. The summed E-state index contributed by atoms with van der Waals surface area (Å²) in [6.45, 7) is 7.53. The van der Waals surface area contributed by atoms with Crippen molar-refractivity contribution in [3.63, 3.8) is 0 Å². The van der Waals surface area contributed by atoms with E-state index in [0.717, 1.165) is 30.7 Å². The highest BCUT2D eigenvalue weighted by Gasteiger charge is 2.09. The third-order valence-electron chi connectivity index (χ3n) is 2.10. The van der Waals surface area contributed by atoms with E-state index in [4.69, 9.17) is 5.41 Å². The second kappa shape index (κ2) is 4.45. The van der Waals surface area contributed by atoms with Crippen LogP contribution < -0.4 is 5.32 Å². The molecule has 78 valence electrons. The van der Waals surface area contributed by atoms with Gasteiger partial charge in [0.2, 0.25) is 0 Å². The van der Waals surface area contributed by atoms with Gasteiger partial charge in [-0.15, -0.1) is 0 Å². The quantitative estimate of drug-likeness (QED) is 0.693. The summed E-state index contributed by atoms with van der Waals surface area (Å²) in [6.07, 6.45) is 8.00. The first kappa shape index (κ1) is 11.0. The van der Waals surface area contributed by atoms with Crippen molar-refractivity contribution in [2.45, 2.75) is 33.6 Å². The van der Waals surface area contributed by atoms with Crippen LogP contribution in [0.2, 0.25) is 0 Å². The summed E-state index contributed by atoms with van der Waals surface area (Å²) in [6, 6.07) is 0. The lowest BCUT2D eigenvalue weighted by atomic mass is 9.96. The first-order valence-electron chi connectivity index (χ1n) is 5.17. The largest absolute Gasteiger partial charge is 0.390 e. The summed E-state index contributed by atoms with van der Waals surface area (Å²) in [4.78, 5) is 0. The van der Waals surface area contributed by atoms with Gasteiger partial charge in [-0.3, -0.25) is 0 Å². The van der Waals surface area contributed by atoms with E-state index >= 15 is 0 Å². The average Bonchev–Trinajstić information content (AvgIpc) is 2.06. The average molecular weight is 192 g/mol. The molecule has 0 atom stereocenters. The molecule has 0 unspecified atom stereocenters. The van der Waals surface area contributed by atoms with E-state index in [-0.39, 0.29) is 5.41 Å². The molecule has 0 aliphatic heterocycles. The number of allylic oxidation sites excluding steroid dienone is 3. The molecule has 0 aromatic rings. The van der Waals surface area contributed by atoms with E-state index in [2.05, 4.69) is 32.2 Å². The second-order valence-corrected chi connectivity index (χ2v) is 4.96. The third kappa shape index (κ3) is 3.77. The number of hydrogen-bond acceptors (Lipinski definition) is 2. The summed E-state index contributed by atoms with van der Waals surface area (Å²) >= 11 is 0. The van der Waals surface area contributed by atoms with E-state index in [0.29, 0.717) is 0 Å². The monoisotopic (exact) mass is 192 g/mol. The fourth-order valence-electron chi connectivity index (χ4n) is 1.29. The van der Waals surface area contributed by atoms with Gasteiger partial charge in [-0.25, -0.2) is 0 Å². The molecule has 0 saturated carbocycles. The predicted molar refractivity (Wildman–Crippen MR) is 61.6 cm³/mol. The van der Waals surface area contributed by atoms with Crippen molar-refractivity contribution in [2.75, 3.05) is 6.54 Å². The Labute approximate surface area is 86.6 Å². The van der Waals surface area contributed by atoms with E-state index in [9.17, 15) is 0 Å². The lowest BCUT2D eigenvalue weighted by Crippen LogP contribution is -2.23. The van der Waals surface area contributed by atoms with Crippen LogP contribution in [0.4, 0.5) is 0 Å². The van der Waals surface area contributed by atoms with Gasteiger partial charge in [0.25, 0.3) is 0 Å². The number of nitrogens with one attached hydrogen (secondary N) is 2. The second-order valence-electron chi connectivity index (χ2n) is 4.96. The van der Waals surface area contributed by atoms with Gasteiger partial charge < -0.3 is 10.7 Å². The molecule has 0 radical (unpaired) electrons. The van der Waals surface area contributed by atoms with Crippen molar-refractivity contribution >= 4 is 5.71 Å². The minimum Gasteiger partial charge on any atom is -0.390 e. The smallest absolute Gasteiger partial charge is 0.0403 e. The van der Waals surface area contributed by atoms with Gasteiger partial charge in [-0.1, -0.05) is 32.9 Å². The van der Waals surface area contributed by atoms with Crippen LogP contribution in [0.5, 0.6) is 0 Å². The number of rotatable bonds is 2. The van der Waals surface area contributed by atoms with Gasteiger partial charge in [0, 0.05) is 24.0 Å². The minimum absolute atomic E-state index is 0.289. The fourth-order valence-corrected chi connectivity index (χ4v) is 1.29. The van der Waals surface area contributed by atoms with Crippen LogP contribution in [-0.2, 0) is 0 Å². The van der Waals surface area contributed by atoms with Gasteiger partial charge >= 0.3 is 0 Å². The molecule has 1 aliphatic rings. The van der Waals surface area contributed by atoms with Crippen LogP contribution in [0.15, 0.2) is 23.9 Å². The van der Waals surface area contributed by atoms with Crippen LogP contribution in [0.1, 0.15) is 33.6 Å². The lowest BCUT2D eigenvalue weighted by molar-refractivity contribution is 0.402. The van der Waals surface area contributed by atoms with E-state index < -0.39 is 0 Å². The zero-order chi connectivity index (χ0) is 10.6. The zero-order valence-electron chi connectivity index (χ0n) is 9.35. The van der Waals surface area contributed by atoms with Crippen LogP contribution in [0, 0.1) is 10.8 Å². The molecule has 14 heavy (non-hydrogen) atoms. The number of hydrogen-bond donors (Lipinski definition) is 2. The topological polar surface area (TPSA) is 35.9 Å². The van der Waals surface area contributed by atoms with Crippen molar-refractivity contribution in [2.24, 2.45) is 5.41 Å². The van der Waals surface area contributed by atoms with E-state index in [1.165, 1.54) is 0 Å². The molecular weight excluding hydrogens is 172 g/mol. The van der Waals surface area contributed by atoms with Gasteiger partial charge in [-0.05, 0) is 18.3 Å². The van der Waals surface area contributed by atoms with Crippen molar-refractivity contribution < 1.29 is 0 Å². The SMILES string of the molecule is CC(C)(C)CN/C=C1/C=CCCC1=N. The zero-order valence-corrected chi connectivity index (χ0v) is 9.35. The first-order chi connectivity index (χ1) is 6.49. The normalized spacial score (nSPS) is 20.2. The molecule has 0 amide bonds. The molecule has 2 nitrogen and oxygen atoms in total. The molecule has 0 fully saturated rings. The molecule has 0 aromatic heterocycles. The molecule has 2 N–H and O–H groups in total. The molecule has 0 aromatic carbocycles. The van der Waals surface area contributed by atoms with Crippen molar-refractivity contribution in [1.29, 1.82) is 5.41 Å². The Balaban J connectivity index is 2.48. The maximum atomic E-state index is 7.72. The van der Waals surface area contributed by atoms with Crippen LogP contribution in [0.25, 0.3) is 0 Å². The van der Waals surface area contributed by atoms with Crippen LogP contribution >= 0.6 is 0 Å². The summed E-state index contributed by atoms with van der Waals surface area (Å²) in [5.41, 5.74) is 2.06. The van der Waals surface area contributed by atoms with Crippen molar-refractivity contribution in [3.05, 3.63) is 23.9 Å². The highest BCUT2D eigenvalue weighted by Crippen LogP contribution is 2.13. The van der Waals surface area contributed by atoms with Gasteiger partial charge in [0.1, 0.15) is 0 Å². The molecule has 0 bridgehead atoms. The molecule has 1 aliphatic carbocycles. The Morgan fingerprint density at radius 3 is 2.79 bits per heavy atom. The molecule has 1 rings (SSSR count). The minimum atomic E-state index is 0.289. The molecule has 0 heterocycles. The highest BCUT2D eigenvalue weighted by molar-refractivity contribution is 6.01. The molecule has 0 spiro atoms. The Hall–Kier alpha value is -1.05. The maximum Gasteiger partial charge on any atom is 0.0403 e. The summed E-state index contributed by atoms with van der Waals surface area (Å²) in [7, 11) is 0. The van der Waals surface area contributed by atoms with Crippen molar-refractivity contribution in [1.82, 2.24) is 5.32 Å². The maximum absolute atomic E-state index is 7.72. The van der Waals surface area contributed by atoms with Crippen LogP contribution in [-0.4, -0.2) is 12.3 Å². The molecular formula is C12H20N2. The highest BCUT2D eigenvalue weighted by atomic mass is 14.8. The Morgan fingerprint density at radius 2 is 2.21 bits per heavy atom. The molecule has 2 heteroatoms. The fraction of sp³-hybridized carbons (Fsp3) is 0.583. The standard InChI is InChI=1S/C12H20N2/c1-12(2,3)9-14-8-10-6-4-5-7-11(10)13/h4,6,8,13-14H,5,7,9H2,1-3H3/b10-8-,13-11?. The van der Waals surface area contributed by atoms with Crippen molar-refractivity contribution in [3.8, 4) is 0 Å². The Morgan fingerprint density at radius 1 is 1.50 bits per heavy atom. The summed E-state index contributed by atoms with van der Waals surface area (Å²) in [5, 5.41) is 11.0. The Kier molecular flexibility index (Phi) is 3.50. The van der Waals surface area contributed by atoms with Gasteiger partial charge in [0.05, 0.1) is 0 Å². The molecule has 0 saturated heterocycles. The van der Waals surface area contributed by atoms with Crippen LogP contribution in [0.3, 0.4) is 0 Å². The lowest BCUT2D eigenvalue weighted by Gasteiger charge is -2.18. The summed E-state index contributed by atoms with van der Waals surface area (Å²) < 4.78 is 0. The predicted octanol–water partition coefficient (Wildman–Crippen LogP) is 2.88. The van der Waals surface area contributed by atoms with E-state index in [1.54, 1.807) is 0 Å². The Bertz CT molecular complexity index is 267. The first-order valence-corrected chi connectivity index (χ1v) is 5.17. The third-order valence-corrected chi connectivity index (χ3v) is 2.10. The van der Waals surface area contributed by atoms with Gasteiger partial charge in [0.15, 0.2) is 0 Å².